The van der Waals surface area contributed by atoms with Gasteiger partial charge in [0.25, 0.3) is 0 Å². The van der Waals surface area contributed by atoms with Crippen molar-refractivity contribution in [1.82, 2.24) is 0 Å². The molecule has 13 heavy (non-hydrogen) atoms. The average molecular weight is 179 g/mol. The second-order valence-corrected chi connectivity index (χ2v) is 2.85. The maximum absolute atomic E-state index is 12.5. The van der Waals surface area contributed by atoms with Gasteiger partial charge in [0.05, 0.1) is 18.6 Å². The molecule has 1 aromatic rings. The Morgan fingerprint density at radius 1 is 1.38 bits per heavy atom. The van der Waals surface area contributed by atoms with Crippen LogP contribution in [0.5, 0.6) is 0 Å². The lowest BCUT2D eigenvalue weighted by molar-refractivity contribution is 0.180. The summed E-state index contributed by atoms with van der Waals surface area (Å²) in [5.74, 6) is -0.293. The fourth-order valence-electron chi connectivity index (χ4n) is 1.07. The summed E-state index contributed by atoms with van der Waals surface area (Å²) in [6.07, 6.45) is -0.152. The first kappa shape index (κ1) is 9.69. The molecule has 1 N–H and O–H groups in total. The number of benzene rings is 1. The highest BCUT2D eigenvalue weighted by Gasteiger charge is 2.04. The Hall–Kier alpha value is -1.40. The molecule has 1 unspecified atom stereocenters. The van der Waals surface area contributed by atoms with E-state index < -0.39 is 6.10 Å². The summed E-state index contributed by atoms with van der Waals surface area (Å²) >= 11 is 0. The van der Waals surface area contributed by atoms with E-state index in [1.165, 1.54) is 12.1 Å². The smallest absolute Gasteiger partial charge is 0.123 e. The van der Waals surface area contributed by atoms with Crippen molar-refractivity contribution < 1.29 is 9.50 Å². The molecule has 0 heterocycles. The molecule has 0 saturated carbocycles. The maximum Gasteiger partial charge on any atom is 0.123 e. The molecule has 0 saturated heterocycles. The molecule has 1 rings (SSSR count). The zero-order chi connectivity index (χ0) is 9.68. The summed E-state index contributed by atoms with van der Waals surface area (Å²) in [7, 11) is 0. The molecule has 1 atom stereocenters. The summed E-state index contributed by atoms with van der Waals surface area (Å²) in [5.41, 5.74) is 0.837. The zero-order valence-corrected chi connectivity index (χ0v) is 7.07. The van der Waals surface area contributed by atoms with Crippen LogP contribution < -0.4 is 0 Å². The Bertz CT molecular complexity index is 302. The Morgan fingerprint density at radius 2 is 2.00 bits per heavy atom. The first-order valence-electron chi connectivity index (χ1n) is 4.02. The standard InChI is InChI=1S/C10H10FNO/c11-9-3-1-8(2-4-9)7-10(13)5-6-12/h1-4,10,13H,5,7H2. The minimum absolute atomic E-state index is 0.109. The van der Waals surface area contributed by atoms with Gasteiger partial charge >= 0.3 is 0 Å². The van der Waals surface area contributed by atoms with E-state index in [1.54, 1.807) is 12.1 Å². The van der Waals surface area contributed by atoms with Crippen LogP contribution in [0.1, 0.15) is 12.0 Å². The van der Waals surface area contributed by atoms with Gasteiger partial charge in [-0.3, -0.25) is 0 Å². The molecule has 0 spiro atoms. The van der Waals surface area contributed by atoms with Crippen LogP contribution >= 0.6 is 0 Å². The van der Waals surface area contributed by atoms with E-state index in [2.05, 4.69) is 0 Å². The van der Waals surface area contributed by atoms with E-state index in [-0.39, 0.29) is 12.2 Å². The second kappa shape index (κ2) is 4.58. The number of halogens is 1. The maximum atomic E-state index is 12.5. The van der Waals surface area contributed by atoms with Gasteiger partial charge in [-0.05, 0) is 24.1 Å². The number of rotatable bonds is 3. The fraction of sp³-hybridized carbons (Fsp3) is 0.300. The van der Waals surface area contributed by atoms with Gasteiger partial charge < -0.3 is 5.11 Å². The molecule has 0 aliphatic carbocycles. The molecule has 0 aromatic heterocycles. The van der Waals surface area contributed by atoms with Gasteiger partial charge in [-0.15, -0.1) is 0 Å². The molecule has 68 valence electrons. The number of hydrogen-bond donors (Lipinski definition) is 1. The zero-order valence-electron chi connectivity index (χ0n) is 7.07. The molecule has 0 bridgehead atoms. The van der Waals surface area contributed by atoms with Crippen LogP contribution in [-0.4, -0.2) is 11.2 Å². The van der Waals surface area contributed by atoms with Gasteiger partial charge in [-0.2, -0.15) is 5.26 Å². The van der Waals surface area contributed by atoms with Gasteiger partial charge in [0.15, 0.2) is 0 Å². The van der Waals surface area contributed by atoms with E-state index in [4.69, 9.17) is 5.26 Å². The van der Waals surface area contributed by atoms with Crippen molar-refractivity contribution in [3.8, 4) is 6.07 Å². The summed E-state index contributed by atoms with van der Waals surface area (Å²) in [4.78, 5) is 0. The SMILES string of the molecule is N#CCC(O)Cc1ccc(F)cc1. The number of nitrogens with zero attached hydrogens (tertiary/aromatic N) is 1. The summed E-state index contributed by atoms with van der Waals surface area (Å²) in [6, 6.07) is 7.77. The van der Waals surface area contributed by atoms with Crippen LogP contribution in [0.2, 0.25) is 0 Å². The van der Waals surface area contributed by atoms with Crippen LogP contribution in [0.3, 0.4) is 0 Å². The van der Waals surface area contributed by atoms with Crippen molar-refractivity contribution in [2.75, 3.05) is 0 Å². The van der Waals surface area contributed by atoms with Gasteiger partial charge in [0, 0.05) is 0 Å². The van der Waals surface area contributed by atoms with Gasteiger partial charge in [-0.25, -0.2) is 4.39 Å². The highest BCUT2D eigenvalue weighted by atomic mass is 19.1. The fourth-order valence-corrected chi connectivity index (χ4v) is 1.07. The van der Waals surface area contributed by atoms with Crippen molar-refractivity contribution >= 4 is 0 Å². The molecule has 0 aliphatic rings. The first-order chi connectivity index (χ1) is 6.22. The third-order valence-electron chi connectivity index (χ3n) is 1.71. The Balaban J connectivity index is 2.55. The number of hydrogen-bond acceptors (Lipinski definition) is 2. The number of aliphatic hydroxyl groups excluding tert-OH is 1. The van der Waals surface area contributed by atoms with Gasteiger partial charge in [-0.1, -0.05) is 12.1 Å². The van der Waals surface area contributed by atoms with Gasteiger partial charge in [0.1, 0.15) is 5.82 Å². The molecular weight excluding hydrogens is 169 g/mol. The second-order valence-electron chi connectivity index (χ2n) is 2.85. The van der Waals surface area contributed by atoms with E-state index in [0.717, 1.165) is 5.56 Å². The average Bonchev–Trinajstić information content (AvgIpc) is 2.09. The van der Waals surface area contributed by atoms with E-state index in [0.29, 0.717) is 6.42 Å². The molecule has 2 nitrogen and oxygen atoms in total. The quantitative estimate of drug-likeness (QED) is 0.766. The van der Waals surface area contributed by atoms with Crippen molar-refractivity contribution in [2.45, 2.75) is 18.9 Å². The predicted molar refractivity (Wildman–Crippen MR) is 46.3 cm³/mol. The summed E-state index contributed by atoms with van der Waals surface area (Å²) in [6.45, 7) is 0. The highest BCUT2D eigenvalue weighted by molar-refractivity contribution is 5.16. The van der Waals surface area contributed by atoms with Crippen molar-refractivity contribution in [3.63, 3.8) is 0 Å². The minimum atomic E-state index is -0.657. The molecule has 0 aliphatic heterocycles. The summed E-state index contributed by atoms with van der Waals surface area (Å²) in [5, 5.41) is 17.5. The lowest BCUT2D eigenvalue weighted by atomic mass is 10.1. The van der Waals surface area contributed by atoms with Gasteiger partial charge in [0.2, 0.25) is 0 Å². The van der Waals surface area contributed by atoms with Crippen molar-refractivity contribution in [3.05, 3.63) is 35.6 Å². The van der Waals surface area contributed by atoms with Crippen LogP contribution in [0.15, 0.2) is 24.3 Å². The third-order valence-corrected chi connectivity index (χ3v) is 1.71. The Morgan fingerprint density at radius 3 is 2.54 bits per heavy atom. The molecule has 1 aromatic carbocycles. The van der Waals surface area contributed by atoms with Crippen LogP contribution in [0.25, 0.3) is 0 Å². The van der Waals surface area contributed by atoms with Crippen molar-refractivity contribution in [1.29, 1.82) is 5.26 Å². The minimum Gasteiger partial charge on any atom is -0.392 e. The largest absolute Gasteiger partial charge is 0.392 e. The molecule has 0 fully saturated rings. The Labute approximate surface area is 76.2 Å². The predicted octanol–water partition coefficient (Wildman–Crippen LogP) is 1.64. The molecule has 0 amide bonds. The normalized spacial score (nSPS) is 12.1. The van der Waals surface area contributed by atoms with Crippen molar-refractivity contribution in [2.24, 2.45) is 0 Å². The number of aliphatic hydroxyl groups is 1. The van der Waals surface area contributed by atoms with E-state index in [9.17, 15) is 9.50 Å². The van der Waals surface area contributed by atoms with Crippen LogP contribution in [0.4, 0.5) is 4.39 Å². The van der Waals surface area contributed by atoms with Crippen LogP contribution in [0, 0.1) is 17.1 Å². The lowest BCUT2D eigenvalue weighted by Gasteiger charge is -2.05. The topological polar surface area (TPSA) is 44.0 Å². The summed E-state index contributed by atoms with van der Waals surface area (Å²) < 4.78 is 12.5. The molecule has 3 heteroatoms. The lowest BCUT2D eigenvalue weighted by Crippen LogP contribution is -2.08. The third kappa shape index (κ3) is 3.22. The first-order valence-corrected chi connectivity index (χ1v) is 4.02. The number of nitriles is 1. The highest BCUT2D eigenvalue weighted by Crippen LogP contribution is 2.07. The Kier molecular flexibility index (Phi) is 3.41. The molecule has 0 radical (unpaired) electrons. The van der Waals surface area contributed by atoms with Crippen LogP contribution in [-0.2, 0) is 6.42 Å². The molecular formula is C10H10FNO. The monoisotopic (exact) mass is 179 g/mol. The van der Waals surface area contributed by atoms with E-state index in [1.807, 2.05) is 6.07 Å². The van der Waals surface area contributed by atoms with E-state index >= 15 is 0 Å².